The summed E-state index contributed by atoms with van der Waals surface area (Å²) in [5.41, 5.74) is 1.67. The molecule has 1 amide bonds. The number of hydrogen-bond donors (Lipinski definition) is 1. The standard InChI is InChI=1S/C22H26N4O4/c1-14(2)19(22-25-20(26-30-22)17-8-6-10-23-12-17)24-21(27)15(3)29-13-16-7-5-9-18(11-16)28-4/h5-12,14-15,19H,13H2,1-4H3,(H,24,27). The van der Waals surface area contributed by atoms with Crippen LogP contribution in [0.4, 0.5) is 0 Å². The van der Waals surface area contributed by atoms with Gasteiger partial charge >= 0.3 is 0 Å². The van der Waals surface area contributed by atoms with E-state index in [1.54, 1.807) is 32.5 Å². The number of nitrogens with one attached hydrogen (secondary N) is 1. The average molecular weight is 410 g/mol. The summed E-state index contributed by atoms with van der Waals surface area (Å²) in [5.74, 6) is 1.31. The van der Waals surface area contributed by atoms with E-state index in [1.165, 1.54) is 0 Å². The van der Waals surface area contributed by atoms with E-state index >= 15 is 0 Å². The largest absolute Gasteiger partial charge is 0.497 e. The Morgan fingerprint density at radius 1 is 1.20 bits per heavy atom. The number of carbonyl (C=O) groups excluding carboxylic acids is 1. The number of rotatable bonds is 9. The van der Waals surface area contributed by atoms with Gasteiger partial charge in [0.2, 0.25) is 17.6 Å². The molecule has 0 fully saturated rings. The minimum atomic E-state index is -0.654. The van der Waals surface area contributed by atoms with Crippen molar-refractivity contribution >= 4 is 5.91 Å². The van der Waals surface area contributed by atoms with Crippen LogP contribution in [-0.4, -0.2) is 34.2 Å². The van der Waals surface area contributed by atoms with E-state index in [2.05, 4.69) is 20.4 Å². The first-order valence-corrected chi connectivity index (χ1v) is 9.77. The van der Waals surface area contributed by atoms with E-state index in [0.717, 1.165) is 16.9 Å². The SMILES string of the molecule is COc1cccc(COC(C)C(=O)NC(c2nc(-c3cccnc3)no2)C(C)C)c1. The van der Waals surface area contributed by atoms with Crippen LogP contribution >= 0.6 is 0 Å². The van der Waals surface area contributed by atoms with Crippen molar-refractivity contribution in [2.24, 2.45) is 5.92 Å². The van der Waals surface area contributed by atoms with Crippen LogP contribution in [-0.2, 0) is 16.1 Å². The third-order valence-corrected chi connectivity index (χ3v) is 4.60. The second-order valence-corrected chi connectivity index (χ2v) is 7.23. The number of benzene rings is 1. The molecule has 8 nitrogen and oxygen atoms in total. The first-order chi connectivity index (χ1) is 14.5. The zero-order valence-electron chi connectivity index (χ0n) is 17.5. The van der Waals surface area contributed by atoms with Crippen LogP contribution in [0.5, 0.6) is 5.75 Å². The van der Waals surface area contributed by atoms with Crippen molar-refractivity contribution in [1.29, 1.82) is 0 Å². The first kappa shape index (κ1) is 21.4. The Bertz CT molecular complexity index is 959. The lowest BCUT2D eigenvalue weighted by atomic mass is 10.0. The maximum absolute atomic E-state index is 12.7. The number of ether oxygens (including phenoxy) is 2. The quantitative estimate of drug-likeness (QED) is 0.576. The van der Waals surface area contributed by atoms with Crippen molar-refractivity contribution in [2.45, 2.75) is 39.5 Å². The fraction of sp³-hybridized carbons (Fsp3) is 0.364. The summed E-state index contributed by atoms with van der Waals surface area (Å²) in [6.07, 6.45) is 2.68. The van der Waals surface area contributed by atoms with Gasteiger partial charge in [-0.2, -0.15) is 4.98 Å². The zero-order valence-corrected chi connectivity index (χ0v) is 17.5. The lowest BCUT2D eigenvalue weighted by Crippen LogP contribution is -2.39. The Balaban J connectivity index is 1.63. The van der Waals surface area contributed by atoms with Crippen molar-refractivity contribution in [2.75, 3.05) is 7.11 Å². The van der Waals surface area contributed by atoms with E-state index < -0.39 is 12.1 Å². The van der Waals surface area contributed by atoms with Crippen LogP contribution in [0.1, 0.15) is 38.3 Å². The predicted octanol–water partition coefficient (Wildman–Crippen LogP) is 3.56. The fourth-order valence-electron chi connectivity index (χ4n) is 2.82. The molecule has 0 aliphatic carbocycles. The van der Waals surface area contributed by atoms with E-state index in [4.69, 9.17) is 14.0 Å². The maximum Gasteiger partial charge on any atom is 0.249 e. The van der Waals surface area contributed by atoms with Gasteiger partial charge in [0, 0.05) is 18.0 Å². The molecule has 1 aromatic carbocycles. The summed E-state index contributed by atoms with van der Waals surface area (Å²) < 4.78 is 16.4. The monoisotopic (exact) mass is 410 g/mol. The highest BCUT2D eigenvalue weighted by atomic mass is 16.5. The molecule has 158 valence electrons. The number of nitrogens with zero attached hydrogens (tertiary/aromatic N) is 3. The molecule has 0 bridgehead atoms. The highest BCUT2D eigenvalue weighted by molar-refractivity contribution is 5.80. The molecule has 3 rings (SSSR count). The van der Waals surface area contributed by atoms with Gasteiger partial charge in [-0.15, -0.1) is 0 Å². The molecule has 30 heavy (non-hydrogen) atoms. The summed E-state index contributed by atoms with van der Waals surface area (Å²) in [5, 5.41) is 6.97. The Hall–Kier alpha value is -3.26. The molecule has 0 saturated heterocycles. The van der Waals surface area contributed by atoms with Crippen molar-refractivity contribution in [3.8, 4) is 17.1 Å². The smallest absolute Gasteiger partial charge is 0.249 e. The molecule has 0 aliphatic rings. The second kappa shape index (κ2) is 9.98. The lowest BCUT2D eigenvalue weighted by molar-refractivity contribution is -0.133. The molecule has 0 saturated carbocycles. The zero-order chi connectivity index (χ0) is 21.5. The fourth-order valence-corrected chi connectivity index (χ4v) is 2.82. The van der Waals surface area contributed by atoms with Crippen LogP contribution in [0.2, 0.25) is 0 Å². The highest BCUT2D eigenvalue weighted by Crippen LogP contribution is 2.23. The van der Waals surface area contributed by atoms with Gasteiger partial charge < -0.3 is 19.3 Å². The number of aromatic nitrogens is 3. The van der Waals surface area contributed by atoms with Crippen molar-refractivity contribution < 1.29 is 18.8 Å². The molecule has 8 heteroatoms. The second-order valence-electron chi connectivity index (χ2n) is 7.23. The van der Waals surface area contributed by atoms with Gasteiger partial charge in [0.1, 0.15) is 17.9 Å². The molecule has 2 heterocycles. The maximum atomic E-state index is 12.7. The van der Waals surface area contributed by atoms with Crippen molar-refractivity contribution in [3.05, 3.63) is 60.2 Å². The third-order valence-electron chi connectivity index (χ3n) is 4.60. The average Bonchev–Trinajstić information content (AvgIpc) is 3.26. The summed E-state index contributed by atoms with van der Waals surface area (Å²) in [6.45, 7) is 5.95. The van der Waals surface area contributed by atoms with Gasteiger partial charge in [-0.1, -0.05) is 31.1 Å². The first-order valence-electron chi connectivity index (χ1n) is 9.77. The minimum Gasteiger partial charge on any atom is -0.497 e. The van der Waals surface area contributed by atoms with E-state index in [-0.39, 0.29) is 11.8 Å². The molecule has 0 radical (unpaired) electrons. The van der Waals surface area contributed by atoms with E-state index in [9.17, 15) is 4.79 Å². The summed E-state index contributed by atoms with van der Waals surface area (Å²) in [6, 6.07) is 10.7. The molecule has 2 atom stereocenters. The van der Waals surface area contributed by atoms with Crippen LogP contribution in [0.25, 0.3) is 11.4 Å². The third kappa shape index (κ3) is 5.42. The normalized spacial score (nSPS) is 13.1. The van der Waals surface area contributed by atoms with Crippen LogP contribution < -0.4 is 10.1 Å². The summed E-state index contributed by atoms with van der Waals surface area (Å²) >= 11 is 0. The topological polar surface area (TPSA) is 99.4 Å². The van der Waals surface area contributed by atoms with E-state index in [1.807, 2.05) is 44.2 Å². The van der Waals surface area contributed by atoms with Crippen molar-refractivity contribution in [1.82, 2.24) is 20.4 Å². The molecular weight excluding hydrogens is 384 g/mol. The molecule has 3 aromatic rings. The minimum absolute atomic E-state index is 0.0433. The number of methoxy groups -OCH3 is 1. The van der Waals surface area contributed by atoms with Gasteiger partial charge in [-0.3, -0.25) is 9.78 Å². The van der Waals surface area contributed by atoms with Crippen LogP contribution in [0, 0.1) is 5.92 Å². The molecule has 0 aliphatic heterocycles. The number of amides is 1. The van der Waals surface area contributed by atoms with Gasteiger partial charge in [0.25, 0.3) is 0 Å². The summed E-state index contributed by atoms with van der Waals surface area (Å²) in [4.78, 5) is 21.2. The van der Waals surface area contributed by atoms with E-state index in [0.29, 0.717) is 18.3 Å². The number of pyridine rings is 1. The van der Waals surface area contributed by atoms with Crippen LogP contribution in [0.15, 0.2) is 53.3 Å². The Kier molecular flexibility index (Phi) is 7.13. The van der Waals surface area contributed by atoms with Gasteiger partial charge in [0.05, 0.1) is 13.7 Å². The summed E-state index contributed by atoms with van der Waals surface area (Å²) in [7, 11) is 1.61. The predicted molar refractivity (Wildman–Crippen MR) is 110 cm³/mol. The Morgan fingerprint density at radius 2 is 2.03 bits per heavy atom. The number of carbonyl (C=O) groups is 1. The van der Waals surface area contributed by atoms with Crippen molar-refractivity contribution in [3.63, 3.8) is 0 Å². The highest BCUT2D eigenvalue weighted by Gasteiger charge is 2.27. The van der Waals surface area contributed by atoms with Gasteiger partial charge in [-0.05, 0) is 42.7 Å². The molecule has 2 aromatic heterocycles. The van der Waals surface area contributed by atoms with Gasteiger partial charge in [-0.25, -0.2) is 0 Å². The molecular formula is C22H26N4O4. The Morgan fingerprint density at radius 3 is 2.73 bits per heavy atom. The number of hydrogen-bond acceptors (Lipinski definition) is 7. The lowest BCUT2D eigenvalue weighted by Gasteiger charge is -2.21. The molecule has 1 N–H and O–H groups in total. The molecule has 2 unspecified atom stereocenters. The van der Waals surface area contributed by atoms with Gasteiger partial charge in [0.15, 0.2) is 0 Å². The Labute approximate surface area is 175 Å². The molecule has 0 spiro atoms. The van der Waals surface area contributed by atoms with Crippen LogP contribution in [0.3, 0.4) is 0 Å².